The maximum atomic E-state index is 12.2. The summed E-state index contributed by atoms with van der Waals surface area (Å²) in [5, 5.41) is 14.3. The van der Waals surface area contributed by atoms with E-state index in [2.05, 4.69) is 20.8 Å². The van der Waals surface area contributed by atoms with Crippen LogP contribution in [0.25, 0.3) is 5.69 Å². The normalized spacial score (nSPS) is 10.5. The Morgan fingerprint density at radius 2 is 2.00 bits per heavy atom. The van der Waals surface area contributed by atoms with Gasteiger partial charge in [0.2, 0.25) is 5.91 Å². The highest BCUT2D eigenvalue weighted by Crippen LogP contribution is 2.24. The van der Waals surface area contributed by atoms with Crippen molar-refractivity contribution < 1.29 is 4.79 Å². The summed E-state index contributed by atoms with van der Waals surface area (Å²) in [7, 11) is 0. The topological polar surface area (TPSA) is 72.7 Å². The molecule has 0 atom stereocenters. The third-order valence-corrected chi connectivity index (χ3v) is 3.65. The van der Waals surface area contributed by atoms with Gasteiger partial charge >= 0.3 is 0 Å². The van der Waals surface area contributed by atoms with Crippen molar-refractivity contribution in [1.29, 1.82) is 0 Å². The van der Waals surface area contributed by atoms with E-state index in [-0.39, 0.29) is 12.3 Å². The monoisotopic (exact) mass is 327 g/mol. The molecule has 0 aliphatic heterocycles. The van der Waals surface area contributed by atoms with Crippen molar-refractivity contribution in [2.45, 2.75) is 13.3 Å². The molecule has 0 aliphatic carbocycles. The van der Waals surface area contributed by atoms with Gasteiger partial charge in [-0.25, -0.2) is 4.68 Å². The fraction of sp³-hybridized carbons (Fsp3) is 0.125. The van der Waals surface area contributed by atoms with Crippen LogP contribution in [0.1, 0.15) is 11.1 Å². The van der Waals surface area contributed by atoms with Crippen LogP contribution in [-0.2, 0) is 11.2 Å². The van der Waals surface area contributed by atoms with Gasteiger partial charge in [0.05, 0.1) is 22.8 Å². The van der Waals surface area contributed by atoms with E-state index in [4.69, 9.17) is 11.6 Å². The van der Waals surface area contributed by atoms with Crippen LogP contribution in [-0.4, -0.2) is 26.1 Å². The molecule has 2 aromatic carbocycles. The van der Waals surface area contributed by atoms with Gasteiger partial charge in [-0.3, -0.25) is 4.79 Å². The molecule has 0 fully saturated rings. The van der Waals surface area contributed by atoms with Crippen molar-refractivity contribution in [3.05, 3.63) is 64.9 Å². The zero-order valence-electron chi connectivity index (χ0n) is 12.4. The summed E-state index contributed by atoms with van der Waals surface area (Å²) in [4.78, 5) is 12.2. The van der Waals surface area contributed by atoms with Crippen molar-refractivity contribution in [2.75, 3.05) is 5.32 Å². The number of nitrogens with one attached hydrogen (secondary N) is 1. The first-order chi connectivity index (χ1) is 11.1. The molecule has 3 aromatic rings. The Kier molecular flexibility index (Phi) is 4.34. The number of rotatable bonds is 4. The molecule has 0 saturated heterocycles. The van der Waals surface area contributed by atoms with Crippen molar-refractivity contribution in [3.8, 4) is 5.69 Å². The van der Waals surface area contributed by atoms with E-state index in [1.54, 1.807) is 18.2 Å². The zero-order chi connectivity index (χ0) is 16.2. The maximum Gasteiger partial charge on any atom is 0.228 e. The van der Waals surface area contributed by atoms with Crippen LogP contribution in [0.5, 0.6) is 0 Å². The fourth-order valence-corrected chi connectivity index (χ4v) is 2.28. The molecule has 1 amide bonds. The molecular formula is C16H14ClN5O. The van der Waals surface area contributed by atoms with Crippen LogP contribution in [0.2, 0.25) is 5.02 Å². The van der Waals surface area contributed by atoms with E-state index in [1.165, 1.54) is 11.0 Å². The fourth-order valence-electron chi connectivity index (χ4n) is 2.12. The van der Waals surface area contributed by atoms with E-state index in [1.807, 2.05) is 31.2 Å². The molecule has 0 bridgehead atoms. The Bertz CT molecular complexity index is 815. The zero-order valence-corrected chi connectivity index (χ0v) is 13.2. The van der Waals surface area contributed by atoms with Crippen molar-refractivity contribution in [3.63, 3.8) is 0 Å². The lowest BCUT2D eigenvalue weighted by molar-refractivity contribution is -0.115. The molecule has 0 unspecified atom stereocenters. The predicted molar refractivity (Wildman–Crippen MR) is 87.7 cm³/mol. The number of hydrogen-bond donors (Lipinski definition) is 1. The number of carbonyl (C=O) groups excluding carboxylic acids is 1. The van der Waals surface area contributed by atoms with Gasteiger partial charge in [0.25, 0.3) is 0 Å². The molecule has 0 radical (unpaired) electrons. The first kappa shape index (κ1) is 15.2. The summed E-state index contributed by atoms with van der Waals surface area (Å²) in [6.45, 7) is 2.01. The standard InChI is InChI=1S/C16H14ClN5O/c1-11-2-4-12(5-3-11)8-16(23)19-15-9-13(6-7-14(15)17)22-10-18-20-21-22/h2-7,9-10H,8H2,1H3,(H,19,23). The number of benzene rings is 2. The van der Waals surface area contributed by atoms with Crippen molar-refractivity contribution in [2.24, 2.45) is 0 Å². The summed E-state index contributed by atoms with van der Waals surface area (Å²) in [6, 6.07) is 13.0. The van der Waals surface area contributed by atoms with Crippen molar-refractivity contribution >= 4 is 23.2 Å². The van der Waals surface area contributed by atoms with Crippen molar-refractivity contribution in [1.82, 2.24) is 20.2 Å². The largest absolute Gasteiger partial charge is 0.324 e. The number of aryl methyl sites for hydroxylation is 1. The van der Waals surface area contributed by atoms with Gasteiger partial charge in [-0.15, -0.1) is 5.10 Å². The Hall–Kier alpha value is -2.73. The number of nitrogens with zero attached hydrogens (tertiary/aromatic N) is 4. The molecule has 3 rings (SSSR count). The SMILES string of the molecule is Cc1ccc(CC(=O)Nc2cc(-n3cnnn3)ccc2Cl)cc1. The minimum absolute atomic E-state index is 0.135. The second kappa shape index (κ2) is 6.58. The molecule has 1 heterocycles. The number of halogens is 1. The number of anilines is 1. The van der Waals surface area contributed by atoms with Gasteiger partial charge in [-0.2, -0.15) is 0 Å². The van der Waals surface area contributed by atoms with E-state index in [0.29, 0.717) is 16.4 Å². The average molecular weight is 328 g/mol. The Balaban J connectivity index is 1.75. The summed E-state index contributed by atoms with van der Waals surface area (Å²) in [5.74, 6) is -0.135. The number of amides is 1. The quantitative estimate of drug-likeness (QED) is 0.799. The number of aromatic nitrogens is 4. The van der Waals surface area contributed by atoms with Gasteiger partial charge in [-0.05, 0) is 41.1 Å². The predicted octanol–water partition coefficient (Wildman–Crippen LogP) is 2.81. The maximum absolute atomic E-state index is 12.2. The van der Waals surface area contributed by atoms with Gasteiger partial charge in [-0.1, -0.05) is 41.4 Å². The lowest BCUT2D eigenvalue weighted by Gasteiger charge is -2.09. The first-order valence-electron chi connectivity index (χ1n) is 7.00. The van der Waals surface area contributed by atoms with E-state index in [9.17, 15) is 4.79 Å². The van der Waals surface area contributed by atoms with Crippen LogP contribution in [0, 0.1) is 6.92 Å². The summed E-state index contributed by atoms with van der Waals surface area (Å²) in [5.41, 5.74) is 3.34. The Morgan fingerprint density at radius 1 is 1.22 bits per heavy atom. The second-order valence-corrected chi connectivity index (χ2v) is 5.54. The van der Waals surface area contributed by atoms with E-state index < -0.39 is 0 Å². The summed E-state index contributed by atoms with van der Waals surface area (Å²) < 4.78 is 1.49. The lowest BCUT2D eigenvalue weighted by Crippen LogP contribution is -2.15. The van der Waals surface area contributed by atoms with Crippen LogP contribution < -0.4 is 5.32 Å². The second-order valence-electron chi connectivity index (χ2n) is 5.13. The third-order valence-electron chi connectivity index (χ3n) is 3.32. The molecule has 1 N–H and O–H groups in total. The van der Waals surface area contributed by atoms with Crippen LogP contribution in [0.4, 0.5) is 5.69 Å². The molecule has 7 heteroatoms. The molecule has 23 heavy (non-hydrogen) atoms. The van der Waals surface area contributed by atoms with Crippen LogP contribution in [0.3, 0.4) is 0 Å². The smallest absolute Gasteiger partial charge is 0.228 e. The molecule has 0 spiro atoms. The highest BCUT2D eigenvalue weighted by molar-refractivity contribution is 6.33. The van der Waals surface area contributed by atoms with Gasteiger partial charge in [0.15, 0.2) is 0 Å². The first-order valence-corrected chi connectivity index (χ1v) is 7.38. The number of carbonyl (C=O) groups is 1. The van der Waals surface area contributed by atoms with E-state index >= 15 is 0 Å². The highest BCUT2D eigenvalue weighted by atomic mass is 35.5. The van der Waals surface area contributed by atoms with E-state index in [0.717, 1.165) is 11.1 Å². The molecule has 116 valence electrons. The molecule has 6 nitrogen and oxygen atoms in total. The average Bonchev–Trinajstić information content (AvgIpc) is 3.06. The summed E-state index contributed by atoms with van der Waals surface area (Å²) >= 11 is 6.15. The third kappa shape index (κ3) is 3.73. The molecular weight excluding hydrogens is 314 g/mol. The minimum atomic E-state index is -0.135. The Morgan fingerprint density at radius 3 is 2.70 bits per heavy atom. The van der Waals surface area contributed by atoms with Gasteiger partial charge in [0.1, 0.15) is 6.33 Å². The lowest BCUT2D eigenvalue weighted by atomic mass is 10.1. The summed E-state index contributed by atoms with van der Waals surface area (Å²) in [6.07, 6.45) is 1.76. The van der Waals surface area contributed by atoms with Crippen LogP contribution in [0.15, 0.2) is 48.8 Å². The van der Waals surface area contributed by atoms with Gasteiger partial charge in [0, 0.05) is 0 Å². The minimum Gasteiger partial charge on any atom is -0.324 e. The van der Waals surface area contributed by atoms with Gasteiger partial charge < -0.3 is 5.32 Å². The van der Waals surface area contributed by atoms with Crippen LogP contribution >= 0.6 is 11.6 Å². The molecule has 0 aliphatic rings. The Labute approximate surface area is 138 Å². The highest BCUT2D eigenvalue weighted by Gasteiger charge is 2.09. The number of tetrazole rings is 1. The number of hydrogen-bond acceptors (Lipinski definition) is 4. The molecule has 0 saturated carbocycles. The molecule has 1 aromatic heterocycles.